The zero-order valence-corrected chi connectivity index (χ0v) is 12.7. The van der Waals surface area contributed by atoms with E-state index in [1.54, 1.807) is 0 Å². The van der Waals surface area contributed by atoms with Crippen molar-refractivity contribution in [2.75, 3.05) is 16.3 Å². The number of nitrogens with zero attached hydrogens (tertiary/aromatic N) is 2. The first-order valence-electron chi connectivity index (χ1n) is 6.32. The van der Waals surface area contributed by atoms with Gasteiger partial charge in [-0.1, -0.05) is 6.92 Å². The van der Waals surface area contributed by atoms with Crippen molar-refractivity contribution >= 4 is 27.6 Å². The van der Waals surface area contributed by atoms with E-state index >= 15 is 0 Å². The Morgan fingerprint density at radius 3 is 2.73 bits per heavy atom. The van der Waals surface area contributed by atoms with Crippen LogP contribution in [0.1, 0.15) is 23.1 Å². The maximum atomic E-state index is 12.1. The number of anilines is 2. The lowest BCUT2D eigenvalue weighted by atomic mass is 10.1. The number of sulfonamides is 1. The molecule has 0 fully saturated rings. The first-order chi connectivity index (χ1) is 10.3. The third-order valence-electron chi connectivity index (χ3n) is 2.64. The molecule has 22 heavy (non-hydrogen) atoms. The van der Waals surface area contributed by atoms with Gasteiger partial charge in [0.25, 0.3) is 5.91 Å². The summed E-state index contributed by atoms with van der Waals surface area (Å²) in [5, 5.41) is 18.6. The zero-order valence-electron chi connectivity index (χ0n) is 11.9. The van der Waals surface area contributed by atoms with E-state index < -0.39 is 15.9 Å². The number of hydrogen-bond donors (Lipinski definition) is 4. The number of aryl methyl sites for hydroxylation is 1. The van der Waals surface area contributed by atoms with E-state index in [1.807, 2.05) is 6.92 Å². The molecule has 0 spiro atoms. The summed E-state index contributed by atoms with van der Waals surface area (Å²) >= 11 is 0. The fourth-order valence-corrected chi connectivity index (χ4v) is 2.23. The highest BCUT2D eigenvalue weighted by Crippen LogP contribution is 2.22. The molecule has 9 nitrogen and oxygen atoms in total. The van der Waals surface area contributed by atoms with Gasteiger partial charge >= 0.3 is 0 Å². The number of aromatic amines is 1. The van der Waals surface area contributed by atoms with Crippen molar-refractivity contribution in [2.45, 2.75) is 13.3 Å². The highest BCUT2D eigenvalue weighted by atomic mass is 32.2. The number of aromatic nitrogens is 3. The van der Waals surface area contributed by atoms with Crippen LogP contribution in [-0.4, -0.2) is 40.9 Å². The molecular weight excluding hydrogens is 310 g/mol. The molecule has 0 aliphatic rings. The van der Waals surface area contributed by atoms with Crippen LogP contribution in [0, 0.1) is 0 Å². The molecule has 1 aromatic heterocycles. The Hall–Kier alpha value is -2.62. The van der Waals surface area contributed by atoms with Gasteiger partial charge in [0.15, 0.2) is 0 Å². The van der Waals surface area contributed by atoms with Crippen molar-refractivity contribution in [2.24, 2.45) is 0 Å². The van der Waals surface area contributed by atoms with Gasteiger partial charge in [0.2, 0.25) is 16.0 Å². The molecule has 118 valence electrons. The van der Waals surface area contributed by atoms with Crippen LogP contribution in [0.4, 0.5) is 11.6 Å². The zero-order chi connectivity index (χ0) is 16.3. The molecule has 4 N–H and O–H groups in total. The number of carbonyl (C=O) groups is 1. The minimum Gasteiger partial charge on any atom is -0.507 e. The van der Waals surface area contributed by atoms with Crippen LogP contribution in [0.15, 0.2) is 18.2 Å². The van der Waals surface area contributed by atoms with E-state index in [1.165, 1.54) is 18.2 Å². The van der Waals surface area contributed by atoms with Crippen LogP contribution in [0.3, 0.4) is 0 Å². The maximum Gasteiger partial charge on any atom is 0.261 e. The van der Waals surface area contributed by atoms with Crippen LogP contribution in [-0.2, 0) is 16.4 Å². The number of nitrogens with one attached hydrogen (secondary N) is 3. The number of hydrogen-bond acceptors (Lipinski definition) is 6. The first-order valence-corrected chi connectivity index (χ1v) is 8.21. The summed E-state index contributed by atoms with van der Waals surface area (Å²) in [7, 11) is -3.48. The molecule has 0 bridgehead atoms. The molecule has 0 unspecified atom stereocenters. The van der Waals surface area contributed by atoms with E-state index in [-0.39, 0.29) is 22.9 Å². The number of aromatic hydroxyl groups is 1. The quantitative estimate of drug-likeness (QED) is 0.597. The molecule has 1 heterocycles. The molecule has 0 atom stereocenters. The Kier molecular flexibility index (Phi) is 4.31. The van der Waals surface area contributed by atoms with Crippen LogP contribution >= 0.6 is 0 Å². The number of H-pyrrole nitrogens is 1. The lowest BCUT2D eigenvalue weighted by Crippen LogP contribution is -2.15. The number of carbonyl (C=O) groups excluding carboxylic acids is 1. The summed E-state index contributed by atoms with van der Waals surface area (Å²) in [6.45, 7) is 1.87. The van der Waals surface area contributed by atoms with E-state index in [0.717, 1.165) is 6.26 Å². The van der Waals surface area contributed by atoms with Crippen molar-refractivity contribution in [3.05, 3.63) is 29.6 Å². The van der Waals surface area contributed by atoms with E-state index in [9.17, 15) is 18.3 Å². The molecule has 0 aliphatic carbocycles. The Bertz CT molecular complexity index is 800. The standard InChI is InChI=1S/C12H15N5O4S/c1-3-10-13-12(16-15-10)14-11(19)8-6-7(4-5-9(8)18)17-22(2,20)21/h4-6,17-18H,3H2,1-2H3,(H2,13,14,15,16,19). The lowest BCUT2D eigenvalue weighted by Gasteiger charge is -2.08. The van der Waals surface area contributed by atoms with Gasteiger partial charge in [-0.2, -0.15) is 4.98 Å². The predicted molar refractivity (Wildman–Crippen MR) is 80.3 cm³/mol. The smallest absolute Gasteiger partial charge is 0.261 e. The van der Waals surface area contributed by atoms with E-state index in [4.69, 9.17) is 0 Å². The van der Waals surface area contributed by atoms with Crippen LogP contribution < -0.4 is 10.0 Å². The van der Waals surface area contributed by atoms with Crippen molar-refractivity contribution in [1.82, 2.24) is 15.2 Å². The van der Waals surface area contributed by atoms with Crippen molar-refractivity contribution in [3.8, 4) is 5.75 Å². The third kappa shape index (κ3) is 3.95. The molecule has 10 heteroatoms. The maximum absolute atomic E-state index is 12.1. The molecule has 2 aromatic rings. The average molecular weight is 325 g/mol. The van der Waals surface area contributed by atoms with Gasteiger partial charge in [-0.25, -0.2) is 8.42 Å². The van der Waals surface area contributed by atoms with E-state index in [2.05, 4.69) is 25.2 Å². The van der Waals surface area contributed by atoms with Gasteiger partial charge in [0.1, 0.15) is 11.6 Å². The third-order valence-corrected chi connectivity index (χ3v) is 3.24. The summed E-state index contributed by atoms with van der Waals surface area (Å²) in [5.41, 5.74) is 0.0613. The Morgan fingerprint density at radius 2 is 2.14 bits per heavy atom. The van der Waals surface area contributed by atoms with Crippen molar-refractivity contribution in [1.29, 1.82) is 0 Å². The highest BCUT2D eigenvalue weighted by Gasteiger charge is 2.15. The minimum absolute atomic E-state index is 0.0720. The Labute approximate surface area is 126 Å². The molecule has 1 aromatic carbocycles. The summed E-state index contributed by atoms with van der Waals surface area (Å²) in [6.07, 6.45) is 1.61. The molecule has 2 rings (SSSR count). The summed E-state index contributed by atoms with van der Waals surface area (Å²) in [4.78, 5) is 16.1. The topological polar surface area (TPSA) is 137 Å². The number of rotatable bonds is 5. The van der Waals surface area contributed by atoms with Gasteiger partial charge in [-0.3, -0.25) is 19.9 Å². The van der Waals surface area contributed by atoms with Gasteiger partial charge in [0, 0.05) is 12.1 Å². The number of benzene rings is 1. The second-order valence-corrected chi connectivity index (χ2v) is 6.27. The van der Waals surface area contributed by atoms with Crippen LogP contribution in [0.5, 0.6) is 5.75 Å². The van der Waals surface area contributed by atoms with Crippen LogP contribution in [0.25, 0.3) is 0 Å². The molecule has 1 amide bonds. The molecule has 0 radical (unpaired) electrons. The molecule has 0 aliphatic heterocycles. The second-order valence-electron chi connectivity index (χ2n) is 4.52. The normalized spacial score (nSPS) is 11.2. The first kappa shape index (κ1) is 15.8. The minimum atomic E-state index is -3.48. The predicted octanol–water partition coefficient (Wildman–Crippen LogP) is 0.696. The van der Waals surface area contributed by atoms with Gasteiger partial charge < -0.3 is 5.11 Å². The lowest BCUT2D eigenvalue weighted by molar-refractivity contribution is 0.102. The van der Waals surface area contributed by atoms with Crippen LogP contribution in [0.2, 0.25) is 0 Å². The summed E-state index contributed by atoms with van der Waals surface area (Å²) in [5.74, 6) is -0.270. The summed E-state index contributed by atoms with van der Waals surface area (Å²) in [6, 6.07) is 3.78. The second kappa shape index (κ2) is 6.02. The monoisotopic (exact) mass is 325 g/mol. The van der Waals surface area contributed by atoms with Crippen molar-refractivity contribution in [3.63, 3.8) is 0 Å². The SMILES string of the molecule is CCc1nc(NC(=O)c2cc(NS(C)(=O)=O)ccc2O)n[nH]1. The Balaban J connectivity index is 2.23. The highest BCUT2D eigenvalue weighted by molar-refractivity contribution is 7.92. The van der Waals surface area contributed by atoms with E-state index in [0.29, 0.717) is 12.2 Å². The fourth-order valence-electron chi connectivity index (χ4n) is 1.67. The fraction of sp³-hybridized carbons (Fsp3) is 0.250. The summed E-state index contributed by atoms with van der Waals surface area (Å²) < 4.78 is 24.6. The number of amides is 1. The van der Waals surface area contributed by atoms with Gasteiger partial charge in [0.05, 0.1) is 11.8 Å². The molecule has 0 saturated carbocycles. The molecular formula is C12H15N5O4S. The Morgan fingerprint density at radius 1 is 1.41 bits per heavy atom. The largest absolute Gasteiger partial charge is 0.507 e. The van der Waals surface area contributed by atoms with Crippen molar-refractivity contribution < 1.29 is 18.3 Å². The van der Waals surface area contributed by atoms with Gasteiger partial charge in [-0.05, 0) is 18.2 Å². The van der Waals surface area contributed by atoms with Gasteiger partial charge in [-0.15, -0.1) is 5.10 Å². The molecule has 0 saturated heterocycles. The number of phenolic OH excluding ortho intramolecular Hbond substituents is 1. The number of phenols is 1. The average Bonchev–Trinajstić information content (AvgIpc) is 2.87.